The minimum atomic E-state index is -0.133. The van der Waals surface area contributed by atoms with Crippen molar-refractivity contribution in [2.75, 3.05) is 13.1 Å². The van der Waals surface area contributed by atoms with E-state index in [1.807, 2.05) is 19.1 Å². The van der Waals surface area contributed by atoms with E-state index in [4.69, 9.17) is 5.73 Å². The maximum atomic E-state index is 14.1. The Morgan fingerprint density at radius 3 is 2.79 bits per heavy atom. The first-order valence-corrected chi connectivity index (χ1v) is 7.24. The summed E-state index contributed by atoms with van der Waals surface area (Å²) in [6, 6.07) is 5.79. The molecular formula is C16H25FN2. The van der Waals surface area contributed by atoms with Gasteiger partial charge < -0.3 is 5.73 Å². The molecule has 2 nitrogen and oxygen atoms in total. The van der Waals surface area contributed by atoms with Gasteiger partial charge in [-0.05, 0) is 38.7 Å². The highest BCUT2D eigenvalue weighted by molar-refractivity contribution is 5.27. The number of piperidine rings is 1. The number of benzene rings is 1. The van der Waals surface area contributed by atoms with Gasteiger partial charge in [0.15, 0.2) is 0 Å². The molecule has 1 saturated heterocycles. The predicted octanol–water partition coefficient (Wildman–Crippen LogP) is 3.25. The molecule has 3 unspecified atom stereocenters. The summed E-state index contributed by atoms with van der Waals surface area (Å²) in [4.78, 5) is 2.38. The van der Waals surface area contributed by atoms with Gasteiger partial charge in [-0.3, -0.25) is 4.90 Å². The van der Waals surface area contributed by atoms with E-state index >= 15 is 0 Å². The molecule has 0 aliphatic carbocycles. The van der Waals surface area contributed by atoms with Gasteiger partial charge in [-0.2, -0.15) is 0 Å². The first-order chi connectivity index (χ1) is 9.02. The number of aryl methyl sites for hydroxylation is 1. The van der Waals surface area contributed by atoms with Crippen molar-refractivity contribution in [2.24, 2.45) is 11.7 Å². The Balaban J connectivity index is 2.30. The van der Waals surface area contributed by atoms with Crippen LogP contribution >= 0.6 is 0 Å². The molecule has 106 valence electrons. The molecule has 3 heteroatoms. The molecule has 1 aromatic carbocycles. The quantitative estimate of drug-likeness (QED) is 0.908. The normalized spacial score (nSPS) is 26.4. The van der Waals surface area contributed by atoms with Crippen LogP contribution in [0.15, 0.2) is 18.2 Å². The Bertz CT molecular complexity index is 433. The van der Waals surface area contributed by atoms with Crippen molar-refractivity contribution in [3.05, 3.63) is 35.1 Å². The minimum absolute atomic E-state index is 0.00218. The molecule has 2 rings (SSSR count). The van der Waals surface area contributed by atoms with Gasteiger partial charge >= 0.3 is 0 Å². The second-order valence-electron chi connectivity index (χ2n) is 6.00. The molecule has 1 aliphatic rings. The van der Waals surface area contributed by atoms with Crippen molar-refractivity contribution in [1.82, 2.24) is 4.90 Å². The molecule has 19 heavy (non-hydrogen) atoms. The molecule has 1 aromatic rings. The maximum absolute atomic E-state index is 14.1. The lowest BCUT2D eigenvalue weighted by molar-refractivity contribution is 0.0781. The third-order valence-corrected chi connectivity index (χ3v) is 4.30. The zero-order chi connectivity index (χ0) is 14.0. The van der Waals surface area contributed by atoms with Crippen LogP contribution in [0.3, 0.4) is 0 Å². The topological polar surface area (TPSA) is 29.3 Å². The molecule has 1 heterocycles. The van der Waals surface area contributed by atoms with Crippen molar-refractivity contribution < 1.29 is 4.39 Å². The maximum Gasteiger partial charge on any atom is 0.128 e. The second kappa shape index (κ2) is 6.02. The average Bonchev–Trinajstić information content (AvgIpc) is 2.38. The molecule has 1 fully saturated rings. The number of rotatable bonds is 3. The number of nitrogens with two attached hydrogens (primary N) is 1. The Morgan fingerprint density at radius 2 is 2.11 bits per heavy atom. The fourth-order valence-corrected chi connectivity index (χ4v) is 3.12. The van der Waals surface area contributed by atoms with Gasteiger partial charge in [-0.15, -0.1) is 0 Å². The molecule has 0 saturated carbocycles. The van der Waals surface area contributed by atoms with E-state index in [-0.39, 0.29) is 11.9 Å². The molecule has 0 aromatic heterocycles. The van der Waals surface area contributed by atoms with Crippen LogP contribution in [0.5, 0.6) is 0 Å². The lowest BCUT2D eigenvalue weighted by atomic mass is 9.91. The van der Waals surface area contributed by atoms with E-state index < -0.39 is 0 Å². The van der Waals surface area contributed by atoms with Crippen LogP contribution in [0.1, 0.15) is 43.9 Å². The van der Waals surface area contributed by atoms with E-state index in [1.165, 1.54) is 12.8 Å². The van der Waals surface area contributed by atoms with Crippen LogP contribution in [-0.4, -0.2) is 24.0 Å². The van der Waals surface area contributed by atoms with E-state index in [0.29, 0.717) is 18.5 Å². The fourth-order valence-electron chi connectivity index (χ4n) is 3.12. The van der Waals surface area contributed by atoms with Gasteiger partial charge in [-0.25, -0.2) is 4.39 Å². The number of nitrogens with zero attached hydrogens (tertiary/aromatic N) is 1. The van der Waals surface area contributed by atoms with Gasteiger partial charge in [0.05, 0.1) is 6.04 Å². The van der Waals surface area contributed by atoms with E-state index in [0.717, 1.165) is 17.7 Å². The average molecular weight is 264 g/mol. The van der Waals surface area contributed by atoms with Gasteiger partial charge in [-0.1, -0.05) is 24.6 Å². The highest BCUT2D eigenvalue weighted by Gasteiger charge is 2.30. The van der Waals surface area contributed by atoms with E-state index in [9.17, 15) is 4.39 Å². The molecular weight excluding hydrogens is 239 g/mol. The summed E-state index contributed by atoms with van der Waals surface area (Å²) in [5, 5.41) is 0. The van der Waals surface area contributed by atoms with Crippen LogP contribution in [-0.2, 0) is 0 Å². The number of halogens is 1. The summed E-state index contributed by atoms with van der Waals surface area (Å²) >= 11 is 0. The first-order valence-electron chi connectivity index (χ1n) is 7.24. The zero-order valence-electron chi connectivity index (χ0n) is 12.2. The van der Waals surface area contributed by atoms with E-state index in [2.05, 4.69) is 18.7 Å². The summed E-state index contributed by atoms with van der Waals surface area (Å²) in [6.07, 6.45) is 2.43. The van der Waals surface area contributed by atoms with Gasteiger partial charge in [0, 0.05) is 24.7 Å². The molecule has 0 bridgehead atoms. The van der Waals surface area contributed by atoms with Gasteiger partial charge in [0.1, 0.15) is 5.82 Å². The first kappa shape index (κ1) is 14.5. The van der Waals surface area contributed by atoms with Crippen LogP contribution in [0.25, 0.3) is 0 Å². The largest absolute Gasteiger partial charge is 0.329 e. The van der Waals surface area contributed by atoms with Crippen molar-refractivity contribution in [2.45, 2.75) is 45.7 Å². The third kappa shape index (κ3) is 3.15. The van der Waals surface area contributed by atoms with Gasteiger partial charge in [0.2, 0.25) is 0 Å². The minimum Gasteiger partial charge on any atom is -0.329 e. The van der Waals surface area contributed by atoms with Gasteiger partial charge in [0.25, 0.3) is 0 Å². The predicted molar refractivity (Wildman–Crippen MR) is 77.5 cm³/mol. The second-order valence-corrected chi connectivity index (χ2v) is 6.00. The van der Waals surface area contributed by atoms with Crippen LogP contribution < -0.4 is 5.73 Å². The monoisotopic (exact) mass is 264 g/mol. The molecule has 0 spiro atoms. The smallest absolute Gasteiger partial charge is 0.128 e. The third-order valence-electron chi connectivity index (χ3n) is 4.30. The highest BCUT2D eigenvalue weighted by atomic mass is 19.1. The lowest BCUT2D eigenvalue weighted by Gasteiger charge is -2.42. The van der Waals surface area contributed by atoms with Crippen LogP contribution in [0.4, 0.5) is 4.39 Å². The molecule has 0 radical (unpaired) electrons. The Hall–Kier alpha value is -0.930. The SMILES string of the molecule is Cc1ccc(F)c(C(CN)N2CC(C)CCC2C)c1. The molecule has 3 atom stereocenters. The molecule has 0 amide bonds. The van der Waals surface area contributed by atoms with Crippen molar-refractivity contribution >= 4 is 0 Å². The standard InChI is InChI=1S/C16H25FN2/c1-11-5-7-15(17)14(8-11)16(9-18)19-10-12(2)4-6-13(19)3/h5,7-8,12-13,16H,4,6,9-10,18H2,1-3H3. The van der Waals surface area contributed by atoms with Crippen LogP contribution in [0, 0.1) is 18.7 Å². The summed E-state index contributed by atoms with van der Waals surface area (Å²) in [5.74, 6) is 0.532. The molecule has 2 N–H and O–H groups in total. The summed E-state index contributed by atoms with van der Waals surface area (Å²) in [7, 11) is 0. The lowest BCUT2D eigenvalue weighted by Crippen LogP contribution is -2.45. The fraction of sp³-hybridized carbons (Fsp3) is 0.625. The summed E-state index contributed by atoms with van der Waals surface area (Å²) in [6.45, 7) is 7.97. The summed E-state index contributed by atoms with van der Waals surface area (Å²) < 4.78 is 14.1. The van der Waals surface area contributed by atoms with E-state index in [1.54, 1.807) is 6.07 Å². The Labute approximate surface area is 115 Å². The Kier molecular flexibility index (Phi) is 4.58. The highest BCUT2D eigenvalue weighted by Crippen LogP contribution is 2.31. The van der Waals surface area contributed by atoms with Crippen molar-refractivity contribution in [1.29, 1.82) is 0 Å². The van der Waals surface area contributed by atoms with Crippen LogP contribution in [0.2, 0.25) is 0 Å². The van der Waals surface area contributed by atoms with Crippen molar-refractivity contribution in [3.63, 3.8) is 0 Å². The molecule has 1 aliphatic heterocycles. The number of hydrogen-bond acceptors (Lipinski definition) is 2. The Morgan fingerprint density at radius 1 is 1.37 bits per heavy atom. The number of hydrogen-bond donors (Lipinski definition) is 1. The zero-order valence-corrected chi connectivity index (χ0v) is 12.2. The van der Waals surface area contributed by atoms with Crippen molar-refractivity contribution in [3.8, 4) is 0 Å². The number of likely N-dealkylation sites (tertiary alicyclic amines) is 1. The summed E-state index contributed by atoms with van der Waals surface area (Å²) in [5.41, 5.74) is 7.80.